The maximum absolute atomic E-state index is 13.4. The number of primary amides is 1. The van der Waals surface area contributed by atoms with Gasteiger partial charge in [0, 0.05) is 22.5 Å². The maximum atomic E-state index is 13.4. The number of anilines is 1. The molecule has 0 saturated carbocycles. The molecule has 3 aromatic carbocycles. The van der Waals surface area contributed by atoms with Gasteiger partial charge in [-0.05, 0) is 85.8 Å². The van der Waals surface area contributed by atoms with Crippen molar-refractivity contribution in [2.45, 2.75) is 42.8 Å². The third-order valence-corrected chi connectivity index (χ3v) is 8.40. The second-order valence-electron chi connectivity index (χ2n) is 9.54. The van der Waals surface area contributed by atoms with Gasteiger partial charge in [0.1, 0.15) is 17.8 Å². The number of nitrogens with zero attached hydrogens (tertiary/aromatic N) is 3. The van der Waals surface area contributed by atoms with Crippen LogP contribution in [-0.2, 0) is 16.0 Å². The molecule has 8 nitrogen and oxygen atoms in total. The Morgan fingerprint density at radius 1 is 1.08 bits per heavy atom. The van der Waals surface area contributed by atoms with Crippen LogP contribution >= 0.6 is 23.5 Å². The molecule has 2 aliphatic rings. The number of imide groups is 1. The molecule has 5 rings (SSSR count). The summed E-state index contributed by atoms with van der Waals surface area (Å²) in [6.07, 6.45) is 0.693. The fourth-order valence-corrected chi connectivity index (χ4v) is 6.16. The van der Waals surface area contributed by atoms with Gasteiger partial charge in [0.15, 0.2) is 0 Å². The predicted molar refractivity (Wildman–Crippen MR) is 147 cm³/mol. The summed E-state index contributed by atoms with van der Waals surface area (Å²) < 4.78 is 1.90. The Kier molecular flexibility index (Phi) is 7.34. The fourth-order valence-electron chi connectivity index (χ4n) is 4.93. The molecule has 3 aromatic rings. The van der Waals surface area contributed by atoms with E-state index in [1.165, 1.54) is 16.8 Å². The molecular formula is C28H27ClN4O4S. The van der Waals surface area contributed by atoms with Crippen molar-refractivity contribution < 1.29 is 19.5 Å². The Hall–Kier alpha value is -3.53. The molecule has 0 radical (unpaired) electrons. The van der Waals surface area contributed by atoms with Crippen LogP contribution in [0.5, 0.6) is 5.75 Å². The lowest BCUT2D eigenvalue weighted by Crippen LogP contribution is -2.49. The number of halogens is 1. The topological polar surface area (TPSA) is 107 Å². The lowest BCUT2D eigenvalue weighted by Gasteiger charge is -2.34. The number of fused-ring (bicyclic) bond motifs is 1. The summed E-state index contributed by atoms with van der Waals surface area (Å²) in [7, 11) is 0. The molecule has 10 heteroatoms. The van der Waals surface area contributed by atoms with E-state index >= 15 is 0 Å². The summed E-state index contributed by atoms with van der Waals surface area (Å²) >= 11 is 7.37. The first-order valence-corrected chi connectivity index (χ1v) is 13.4. The highest BCUT2D eigenvalue weighted by Gasteiger charge is 2.53. The fraction of sp³-hybridized carbons (Fsp3) is 0.250. The minimum absolute atomic E-state index is 0.127. The highest BCUT2D eigenvalue weighted by molar-refractivity contribution is 7.97. The molecule has 2 heterocycles. The normalized spacial score (nSPS) is 19.8. The van der Waals surface area contributed by atoms with Crippen LogP contribution in [0.3, 0.4) is 0 Å². The first kappa shape index (κ1) is 26.1. The van der Waals surface area contributed by atoms with E-state index in [1.807, 2.05) is 35.5 Å². The quantitative estimate of drug-likeness (QED) is 0.318. The first-order valence-electron chi connectivity index (χ1n) is 12.2. The molecule has 2 fully saturated rings. The van der Waals surface area contributed by atoms with Crippen molar-refractivity contribution in [1.29, 1.82) is 0 Å². The van der Waals surface area contributed by atoms with E-state index in [2.05, 4.69) is 0 Å². The van der Waals surface area contributed by atoms with Gasteiger partial charge in [0.05, 0.1) is 5.69 Å². The number of phenolic OH excluding ortho intramolecular Hbond substituents is 1. The molecule has 2 saturated heterocycles. The Morgan fingerprint density at radius 3 is 2.34 bits per heavy atom. The van der Waals surface area contributed by atoms with Gasteiger partial charge in [-0.25, -0.2) is 14.0 Å². The number of hydrogen-bond donors (Lipinski definition) is 2. The van der Waals surface area contributed by atoms with Gasteiger partial charge in [-0.15, -0.1) is 0 Å². The molecule has 0 spiro atoms. The van der Waals surface area contributed by atoms with Crippen LogP contribution in [0, 0.1) is 6.92 Å². The second kappa shape index (κ2) is 10.7. The highest BCUT2D eigenvalue weighted by Crippen LogP contribution is 2.38. The number of nitrogens with two attached hydrogens (primary N) is 1. The van der Waals surface area contributed by atoms with Crippen molar-refractivity contribution >= 4 is 47.1 Å². The lowest BCUT2D eigenvalue weighted by atomic mass is 10.0. The zero-order valence-corrected chi connectivity index (χ0v) is 22.2. The number of urea groups is 1. The van der Waals surface area contributed by atoms with Gasteiger partial charge in [-0.2, -0.15) is 0 Å². The van der Waals surface area contributed by atoms with Crippen molar-refractivity contribution in [3.8, 4) is 5.75 Å². The molecule has 2 aliphatic heterocycles. The Morgan fingerprint density at radius 2 is 1.74 bits per heavy atom. The number of benzene rings is 3. The van der Waals surface area contributed by atoms with E-state index < -0.39 is 18.0 Å². The van der Waals surface area contributed by atoms with E-state index in [4.69, 9.17) is 17.3 Å². The summed E-state index contributed by atoms with van der Waals surface area (Å²) in [5.74, 6) is -0.663. The van der Waals surface area contributed by atoms with Crippen LogP contribution in [0.25, 0.3) is 0 Å². The first-order chi connectivity index (χ1) is 18.2. The van der Waals surface area contributed by atoms with Crippen molar-refractivity contribution in [2.24, 2.45) is 5.73 Å². The maximum Gasteiger partial charge on any atom is 0.332 e. The zero-order chi connectivity index (χ0) is 27.0. The highest BCUT2D eigenvalue weighted by atomic mass is 35.5. The number of hydrogen-bond acceptors (Lipinski definition) is 6. The molecule has 38 heavy (non-hydrogen) atoms. The largest absolute Gasteiger partial charge is 0.508 e. The summed E-state index contributed by atoms with van der Waals surface area (Å²) in [5.41, 5.74) is 8.39. The predicted octanol–water partition coefficient (Wildman–Crippen LogP) is 4.37. The number of amides is 4. The molecule has 3 atom stereocenters. The Bertz CT molecular complexity index is 1330. The zero-order valence-electron chi connectivity index (χ0n) is 20.7. The Labute approximate surface area is 230 Å². The summed E-state index contributed by atoms with van der Waals surface area (Å²) in [6.45, 7) is 2.22. The number of phenols is 1. The monoisotopic (exact) mass is 550 g/mol. The van der Waals surface area contributed by atoms with E-state index in [9.17, 15) is 19.5 Å². The van der Waals surface area contributed by atoms with Crippen LogP contribution in [0.15, 0.2) is 77.7 Å². The van der Waals surface area contributed by atoms with Crippen molar-refractivity contribution in [3.63, 3.8) is 0 Å². The van der Waals surface area contributed by atoms with Crippen LogP contribution in [0.1, 0.15) is 17.5 Å². The van der Waals surface area contributed by atoms with E-state index in [0.717, 1.165) is 16.0 Å². The van der Waals surface area contributed by atoms with Crippen LogP contribution in [0.2, 0.25) is 5.02 Å². The molecule has 3 N–H and O–H groups in total. The van der Waals surface area contributed by atoms with Crippen LogP contribution < -0.4 is 10.6 Å². The van der Waals surface area contributed by atoms with Crippen molar-refractivity contribution in [2.75, 3.05) is 11.4 Å². The molecule has 0 bridgehead atoms. The molecule has 3 unspecified atom stereocenters. The number of carbonyl (C=O) groups is 3. The molecule has 4 amide bonds. The molecule has 196 valence electrons. The minimum atomic E-state index is -0.724. The molecule has 0 aromatic heterocycles. The molecular weight excluding hydrogens is 524 g/mol. The lowest BCUT2D eigenvalue weighted by molar-refractivity contribution is -0.122. The summed E-state index contributed by atoms with van der Waals surface area (Å²) in [5, 5.41) is 10.3. The van der Waals surface area contributed by atoms with Gasteiger partial charge in [-0.3, -0.25) is 9.59 Å². The molecule has 0 aliphatic carbocycles. The average molecular weight is 551 g/mol. The van der Waals surface area contributed by atoms with E-state index in [1.54, 1.807) is 53.4 Å². The van der Waals surface area contributed by atoms with Gasteiger partial charge >= 0.3 is 6.03 Å². The summed E-state index contributed by atoms with van der Waals surface area (Å²) in [6, 6.07) is 19.1. The summed E-state index contributed by atoms with van der Waals surface area (Å²) in [4.78, 5) is 43.1. The van der Waals surface area contributed by atoms with Crippen molar-refractivity contribution in [1.82, 2.24) is 9.21 Å². The third-order valence-electron chi connectivity index (χ3n) is 6.90. The van der Waals surface area contributed by atoms with Crippen molar-refractivity contribution in [3.05, 3.63) is 88.9 Å². The number of aromatic hydroxyl groups is 1. The second-order valence-corrected chi connectivity index (χ2v) is 11.1. The minimum Gasteiger partial charge on any atom is -0.508 e. The van der Waals surface area contributed by atoms with Crippen LogP contribution in [0.4, 0.5) is 10.5 Å². The van der Waals surface area contributed by atoms with Gasteiger partial charge in [0.2, 0.25) is 5.91 Å². The number of carbonyl (C=O) groups excluding carboxylic acids is 3. The standard InChI is InChI=1S/C28H27ClN4O4S/c1-17-2-8-20(9-3-17)32-27(36)25-15-21(16-31(25)28(32)37)33(38-23-12-10-22(34)11-13-23)24(26(30)35)14-18-4-6-19(29)7-5-18/h2-13,21,24-25,34H,14-16H2,1H3,(H2,30,35). The van der Waals surface area contributed by atoms with Crippen LogP contribution in [-0.4, -0.2) is 56.8 Å². The smallest absolute Gasteiger partial charge is 0.332 e. The third kappa shape index (κ3) is 5.22. The van der Waals surface area contributed by atoms with E-state index in [0.29, 0.717) is 23.6 Å². The number of rotatable bonds is 8. The van der Waals surface area contributed by atoms with Gasteiger partial charge < -0.3 is 15.7 Å². The van der Waals surface area contributed by atoms with E-state index in [-0.39, 0.29) is 30.3 Å². The number of aryl methyl sites for hydroxylation is 1. The van der Waals surface area contributed by atoms with Gasteiger partial charge in [-0.1, -0.05) is 41.4 Å². The van der Waals surface area contributed by atoms with Gasteiger partial charge in [0.25, 0.3) is 5.91 Å². The SMILES string of the molecule is Cc1ccc(N2C(=O)C3CC(N(Sc4ccc(O)cc4)C(Cc4ccc(Cl)cc4)C(N)=O)CN3C2=O)cc1. The Balaban J connectivity index is 1.42. The average Bonchev–Trinajstić information content (AvgIpc) is 3.43.